The summed E-state index contributed by atoms with van der Waals surface area (Å²) in [6.07, 6.45) is 2.02. The highest BCUT2D eigenvalue weighted by atomic mass is 16.1. The summed E-state index contributed by atoms with van der Waals surface area (Å²) < 4.78 is 0. The largest absolute Gasteiger partial charge is 0.289 e. The molecule has 0 N–H and O–H groups in total. The Hall–Kier alpha value is -4.41. The summed E-state index contributed by atoms with van der Waals surface area (Å²) in [5.74, 6) is 6.53. The molecule has 1 heteroatoms. The SMILES string of the molecule is O=C1C(c2ccccc2)=CC(c2cccc(C#Cc3ccccc3)c2)=C1c1ccccc1. The van der Waals surface area contributed by atoms with Gasteiger partial charge in [0.1, 0.15) is 0 Å². The number of hydrogen-bond donors (Lipinski definition) is 0. The Kier molecular flexibility index (Phi) is 5.35. The van der Waals surface area contributed by atoms with Crippen molar-refractivity contribution in [2.45, 2.75) is 0 Å². The Balaban J connectivity index is 1.61. The van der Waals surface area contributed by atoms with Crippen LogP contribution in [0.2, 0.25) is 0 Å². The highest BCUT2D eigenvalue weighted by molar-refractivity contribution is 6.51. The predicted molar refractivity (Wildman–Crippen MR) is 132 cm³/mol. The molecular weight excluding hydrogens is 388 g/mol. The van der Waals surface area contributed by atoms with E-state index in [0.717, 1.165) is 44.5 Å². The molecule has 1 aliphatic rings. The van der Waals surface area contributed by atoms with Crippen LogP contribution < -0.4 is 0 Å². The fourth-order valence-electron chi connectivity index (χ4n) is 3.92. The maximum Gasteiger partial charge on any atom is 0.194 e. The van der Waals surface area contributed by atoms with Crippen molar-refractivity contribution in [3.63, 3.8) is 0 Å². The number of allylic oxidation sites excluding steroid dienone is 4. The minimum Gasteiger partial charge on any atom is -0.289 e. The minimum absolute atomic E-state index is 0.0539. The van der Waals surface area contributed by atoms with Gasteiger partial charge in [0.05, 0.1) is 0 Å². The van der Waals surface area contributed by atoms with Crippen LogP contribution in [0.1, 0.15) is 27.8 Å². The van der Waals surface area contributed by atoms with Crippen molar-refractivity contribution in [2.24, 2.45) is 0 Å². The van der Waals surface area contributed by atoms with Gasteiger partial charge in [-0.2, -0.15) is 0 Å². The third-order valence-corrected chi connectivity index (χ3v) is 5.48. The standard InChI is InChI=1S/C31H20O/c32-31-29(25-14-6-2-7-15-25)22-28(30(31)26-16-8-3-9-17-26)27-18-10-13-24(21-27)20-19-23-11-4-1-5-12-23/h1-18,21-22H. The van der Waals surface area contributed by atoms with E-state index in [1.54, 1.807) is 0 Å². The Bertz CT molecular complexity index is 1400. The van der Waals surface area contributed by atoms with E-state index >= 15 is 0 Å². The predicted octanol–water partition coefficient (Wildman–Crippen LogP) is 6.66. The molecule has 4 aromatic carbocycles. The first-order valence-corrected chi connectivity index (χ1v) is 10.6. The molecule has 0 saturated heterocycles. The third-order valence-electron chi connectivity index (χ3n) is 5.48. The lowest BCUT2D eigenvalue weighted by atomic mass is 9.94. The van der Waals surface area contributed by atoms with Gasteiger partial charge in [0.15, 0.2) is 5.78 Å². The molecule has 32 heavy (non-hydrogen) atoms. The van der Waals surface area contributed by atoms with Gasteiger partial charge < -0.3 is 0 Å². The molecule has 0 atom stereocenters. The van der Waals surface area contributed by atoms with Crippen LogP contribution >= 0.6 is 0 Å². The number of rotatable bonds is 3. The van der Waals surface area contributed by atoms with Gasteiger partial charge in [0.2, 0.25) is 0 Å². The Morgan fingerprint density at radius 1 is 0.500 bits per heavy atom. The number of Topliss-reactive ketones (excluding diaryl/α,β-unsaturated/α-hetero) is 1. The average molecular weight is 409 g/mol. The second kappa shape index (κ2) is 8.76. The van der Waals surface area contributed by atoms with Gasteiger partial charge in [-0.15, -0.1) is 0 Å². The van der Waals surface area contributed by atoms with Crippen LogP contribution in [0, 0.1) is 11.8 Å². The monoisotopic (exact) mass is 408 g/mol. The Morgan fingerprint density at radius 2 is 1.03 bits per heavy atom. The summed E-state index contributed by atoms with van der Waals surface area (Å²) in [6.45, 7) is 0. The van der Waals surface area contributed by atoms with E-state index in [-0.39, 0.29) is 5.78 Å². The number of ketones is 1. The van der Waals surface area contributed by atoms with Crippen LogP contribution in [0.15, 0.2) is 121 Å². The molecule has 1 aliphatic carbocycles. The lowest BCUT2D eigenvalue weighted by Crippen LogP contribution is -2.01. The molecule has 1 nitrogen and oxygen atoms in total. The van der Waals surface area contributed by atoms with Crippen LogP contribution in [-0.4, -0.2) is 5.78 Å². The second-order valence-electron chi connectivity index (χ2n) is 7.60. The van der Waals surface area contributed by atoms with E-state index in [4.69, 9.17) is 0 Å². The van der Waals surface area contributed by atoms with Crippen molar-refractivity contribution in [2.75, 3.05) is 0 Å². The maximum absolute atomic E-state index is 13.5. The van der Waals surface area contributed by atoms with Gasteiger partial charge in [-0.1, -0.05) is 103 Å². The zero-order valence-electron chi connectivity index (χ0n) is 17.5. The van der Waals surface area contributed by atoms with Gasteiger partial charge in [-0.05, 0) is 52.6 Å². The van der Waals surface area contributed by atoms with Crippen molar-refractivity contribution < 1.29 is 4.79 Å². The van der Waals surface area contributed by atoms with E-state index in [2.05, 4.69) is 17.9 Å². The van der Waals surface area contributed by atoms with Crippen molar-refractivity contribution in [1.82, 2.24) is 0 Å². The first-order chi connectivity index (χ1) is 15.8. The summed E-state index contributed by atoms with van der Waals surface area (Å²) in [4.78, 5) is 13.5. The topological polar surface area (TPSA) is 17.1 Å². The summed E-state index contributed by atoms with van der Waals surface area (Å²) in [5, 5.41) is 0. The van der Waals surface area contributed by atoms with Crippen LogP contribution in [0.25, 0.3) is 16.7 Å². The highest BCUT2D eigenvalue weighted by Crippen LogP contribution is 2.40. The van der Waals surface area contributed by atoms with Crippen LogP contribution in [-0.2, 0) is 4.79 Å². The van der Waals surface area contributed by atoms with Crippen molar-refractivity contribution >= 4 is 22.5 Å². The number of hydrogen-bond acceptors (Lipinski definition) is 1. The molecule has 0 heterocycles. The summed E-state index contributed by atoms with van der Waals surface area (Å²) >= 11 is 0. The molecule has 0 saturated carbocycles. The lowest BCUT2D eigenvalue weighted by molar-refractivity contribution is -0.108. The average Bonchev–Trinajstić information content (AvgIpc) is 3.22. The quantitative estimate of drug-likeness (QED) is 0.346. The molecule has 150 valence electrons. The van der Waals surface area contributed by atoms with Gasteiger partial charge in [0, 0.05) is 22.3 Å². The van der Waals surface area contributed by atoms with E-state index in [1.807, 2.05) is 115 Å². The molecule has 0 radical (unpaired) electrons. The van der Waals surface area contributed by atoms with Crippen molar-refractivity contribution in [1.29, 1.82) is 0 Å². The van der Waals surface area contributed by atoms with Gasteiger partial charge >= 0.3 is 0 Å². The van der Waals surface area contributed by atoms with Crippen molar-refractivity contribution in [3.8, 4) is 11.8 Å². The Morgan fingerprint density at radius 3 is 1.72 bits per heavy atom. The molecule has 0 aliphatic heterocycles. The zero-order chi connectivity index (χ0) is 21.8. The van der Waals surface area contributed by atoms with Crippen LogP contribution in [0.3, 0.4) is 0 Å². The number of carbonyl (C=O) groups excluding carboxylic acids is 1. The van der Waals surface area contributed by atoms with E-state index in [0.29, 0.717) is 0 Å². The fraction of sp³-hybridized carbons (Fsp3) is 0. The van der Waals surface area contributed by atoms with E-state index in [1.165, 1.54) is 0 Å². The van der Waals surface area contributed by atoms with Gasteiger partial charge in [0.25, 0.3) is 0 Å². The minimum atomic E-state index is 0.0539. The molecule has 0 spiro atoms. The Labute approximate surface area is 188 Å². The molecule has 4 aromatic rings. The summed E-state index contributed by atoms with van der Waals surface area (Å²) in [7, 11) is 0. The molecule has 5 rings (SSSR count). The molecule has 0 fully saturated rings. The number of carbonyl (C=O) groups is 1. The lowest BCUT2D eigenvalue weighted by Gasteiger charge is -2.08. The smallest absolute Gasteiger partial charge is 0.194 e. The number of benzene rings is 4. The molecule has 0 bridgehead atoms. The maximum atomic E-state index is 13.5. The molecule has 0 unspecified atom stereocenters. The summed E-state index contributed by atoms with van der Waals surface area (Å²) in [6, 6.07) is 37.8. The first-order valence-electron chi connectivity index (χ1n) is 10.6. The van der Waals surface area contributed by atoms with Crippen LogP contribution in [0.5, 0.6) is 0 Å². The van der Waals surface area contributed by atoms with E-state index in [9.17, 15) is 4.79 Å². The first kappa shape index (κ1) is 19.5. The third kappa shape index (κ3) is 3.95. The van der Waals surface area contributed by atoms with E-state index < -0.39 is 0 Å². The molecule has 0 amide bonds. The zero-order valence-corrected chi connectivity index (χ0v) is 17.5. The fourth-order valence-corrected chi connectivity index (χ4v) is 3.92. The summed E-state index contributed by atoms with van der Waals surface area (Å²) in [5.41, 5.74) is 7.13. The van der Waals surface area contributed by atoms with Crippen LogP contribution in [0.4, 0.5) is 0 Å². The highest BCUT2D eigenvalue weighted by Gasteiger charge is 2.28. The van der Waals surface area contributed by atoms with Crippen molar-refractivity contribution in [3.05, 3.63) is 149 Å². The second-order valence-corrected chi connectivity index (χ2v) is 7.60. The molecule has 0 aromatic heterocycles. The van der Waals surface area contributed by atoms with Gasteiger partial charge in [-0.25, -0.2) is 0 Å². The van der Waals surface area contributed by atoms with Gasteiger partial charge in [-0.3, -0.25) is 4.79 Å². The molecular formula is C31H20O. The normalized spacial score (nSPS) is 12.9.